The molecule has 4 aromatic rings. The molecular weight excluding hydrogens is 504 g/mol. The van der Waals surface area contributed by atoms with Crippen molar-refractivity contribution in [3.8, 4) is 34.3 Å². The summed E-state index contributed by atoms with van der Waals surface area (Å²) in [5, 5.41) is 23.7. The number of hydrogen-bond acceptors (Lipinski definition) is 9. The molecule has 2 aromatic heterocycles. The second kappa shape index (κ2) is 11.6. The van der Waals surface area contributed by atoms with Crippen LogP contribution in [0.3, 0.4) is 0 Å². The Morgan fingerprint density at radius 3 is 2.42 bits per heavy atom. The van der Waals surface area contributed by atoms with Gasteiger partial charge in [-0.05, 0) is 48.5 Å². The quantitative estimate of drug-likeness (QED) is 0.192. The number of rotatable bonds is 9. The number of aromatic nitrogens is 4. The van der Waals surface area contributed by atoms with Gasteiger partial charge in [-0.1, -0.05) is 23.4 Å². The Labute approximate surface area is 215 Å². The molecular formula is C24H21ClN6O4S. The number of phenols is 1. The highest BCUT2D eigenvalue weighted by Crippen LogP contribution is 2.36. The Bertz CT molecular complexity index is 1350. The number of hydrazone groups is 1. The van der Waals surface area contributed by atoms with Gasteiger partial charge in [0, 0.05) is 34.2 Å². The summed E-state index contributed by atoms with van der Waals surface area (Å²) < 4.78 is 12.1. The van der Waals surface area contributed by atoms with Crippen molar-refractivity contribution in [2.45, 2.75) is 5.16 Å². The van der Waals surface area contributed by atoms with Gasteiger partial charge in [0.05, 0.1) is 26.2 Å². The van der Waals surface area contributed by atoms with Crippen molar-refractivity contribution in [1.82, 2.24) is 25.2 Å². The summed E-state index contributed by atoms with van der Waals surface area (Å²) in [7, 11) is 2.86. The van der Waals surface area contributed by atoms with Gasteiger partial charge in [-0.3, -0.25) is 14.3 Å². The molecule has 0 spiro atoms. The van der Waals surface area contributed by atoms with Crippen molar-refractivity contribution in [3.63, 3.8) is 0 Å². The molecule has 10 nitrogen and oxygen atoms in total. The highest BCUT2D eigenvalue weighted by atomic mass is 35.5. The van der Waals surface area contributed by atoms with Gasteiger partial charge in [-0.2, -0.15) is 5.10 Å². The van der Waals surface area contributed by atoms with Crippen molar-refractivity contribution in [2.75, 3.05) is 20.0 Å². The molecule has 0 fully saturated rings. The van der Waals surface area contributed by atoms with Crippen LogP contribution in [0.25, 0.3) is 17.1 Å². The summed E-state index contributed by atoms with van der Waals surface area (Å²) in [6.45, 7) is 0. The van der Waals surface area contributed by atoms with E-state index >= 15 is 0 Å². The summed E-state index contributed by atoms with van der Waals surface area (Å²) in [5.74, 6) is 0.643. The standard InChI is InChI=1S/C24H21ClN6O4S/c1-34-19-11-15(12-20(35-2)22(19)33)13-27-28-21(32)14-36-24-30-29-23(16-7-9-26-10-8-16)31(24)18-5-3-17(25)4-6-18/h3-13,33H,14H2,1-2H3,(H,28,32)/b27-13+. The molecule has 0 unspecified atom stereocenters. The summed E-state index contributed by atoms with van der Waals surface area (Å²) in [6, 6.07) is 14.1. The van der Waals surface area contributed by atoms with Crippen molar-refractivity contribution in [3.05, 3.63) is 71.5 Å². The molecule has 2 aromatic carbocycles. The second-order valence-corrected chi connectivity index (χ2v) is 8.59. The number of nitrogens with one attached hydrogen (secondary N) is 1. The smallest absolute Gasteiger partial charge is 0.250 e. The van der Waals surface area contributed by atoms with E-state index in [9.17, 15) is 9.90 Å². The number of halogens is 1. The summed E-state index contributed by atoms with van der Waals surface area (Å²) in [5.41, 5.74) is 4.67. The van der Waals surface area contributed by atoms with Gasteiger partial charge in [-0.15, -0.1) is 10.2 Å². The number of hydrogen-bond donors (Lipinski definition) is 2. The average molecular weight is 525 g/mol. The number of phenolic OH excluding ortho intramolecular Hbond substituents is 1. The molecule has 0 saturated carbocycles. The molecule has 1 amide bonds. The number of thioether (sulfide) groups is 1. The van der Waals surface area contributed by atoms with Gasteiger partial charge in [0.25, 0.3) is 5.91 Å². The maximum Gasteiger partial charge on any atom is 0.250 e. The Morgan fingerprint density at radius 1 is 1.11 bits per heavy atom. The largest absolute Gasteiger partial charge is 0.502 e. The predicted molar refractivity (Wildman–Crippen MR) is 137 cm³/mol. The number of amides is 1. The zero-order valence-corrected chi connectivity index (χ0v) is 20.8. The fourth-order valence-corrected chi connectivity index (χ4v) is 4.07. The zero-order valence-electron chi connectivity index (χ0n) is 19.3. The number of methoxy groups -OCH3 is 2. The summed E-state index contributed by atoms with van der Waals surface area (Å²) in [4.78, 5) is 16.5. The van der Waals surface area contributed by atoms with Crippen LogP contribution in [-0.2, 0) is 4.79 Å². The van der Waals surface area contributed by atoms with E-state index in [-0.39, 0.29) is 28.9 Å². The summed E-state index contributed by atoms with van der Waals surface area (Å²) >= 11 is 7.27. The van der Waals surface area contributed by atoms with E-state index < -0.39 is 0 Å². The van der Waals surface area contributed by atoms with Gasteiger partial charge >= 0.3 is 0 Å². The van der Waals surface area contributed by atoms with E-state index in [1.807, 2.05) is 28.8 Å². The predicted octanol–water partition coefficient (Wildman–Crippen LogP) is 3.95. The zero-order chi connectivity index (χ0) is 25.5. The Balaban J connectivity index is 1.48. The maximum atomic E-state index is 12.5. The van der Waals surface area contributed by atoms with Gasteiger partial charge in [-0.25, -0.2) is 5.43 Å². The number of nitrogens with zero attached hydrogens (tertiary/aromatic N) is 5. The van der Waals surface area contributed by atoms with Gasteiger partial charge in [0.2, 0.25) is 5.75 Å². The molecule has 2 heterocycles. The molecule has 0 aliphatic carbocycles. The third-order valence-electron chi connectivity index (χ3n) is 4.89. The van der Waals surface area contributed by atoms with Crippen molar-refractivity contribution >= 4 is 35.5 Å². The highest BCUT2D eigenvalue weighted by Gasteiger charge is 2.17. The van der Waals surface area contributed by atoms with Crippen LogP contribution in [-0.4, -0.2) is 56.9 Å². The van der Waals surface area contributed by atoms with Crippen LogP contribution in [0.15, 0.2) is 71.2 Å². The van der Waals surface area contributed by atoms with Crippen molar-refractivity contribution < 1.29 is 19.4 Å². The van der Waals surface area contributed by atoms with Crippen molar-refractivity contribution in [2.24, 2.45) is 5.10 Å². The third-order valence-corrected chi connectivity index (χ3v) is 6.07. The molecule has 12 heteroatoms. The first-order valence-electron chi connectivity index (χ1n) is 10.5. The van der Waals surface area contributed by atoms with Gasteiger partial charge in [0.15, 0.2) is 22.5 Å². The SMILES string of the molecule is COc1cc(/C=N/NC(=O)CSc2nnc(-c3ccncc3)n2-c2ccc(Cl)cc2)cc(OC)c1O. The fourth-order valence-electron chi connectivity index (χ4n) is 3.20. The Morgan fingerprint density at radius 2 is 1.78 bits per heavy atom. The molecule has 0 aliphatic rings. The first kappa shape index (κ1) is 25.0. The van der Waals surface area contributed by atoms with Crippen LogP contribution in [0.5, 0.6) is 17.2 Å². The lowest BCUT2D eigenvalue weighted by Crippen LogP contribution is -2.20. The number of carbonyl (C=O) groups is 1. The Kier molecular flexibility index (Phi) is 8.03. The lowest BCUT2D eigenvalue weighted by atomic mass is 10.2. The molecule has 0 bridgehead atoms. The van der Waals surface area contributed by atoms with Crippen LogP contribution in [0.1, 0.15) is 5.56 Å². The summed E-state index contributed by atoms with van der Waals surface area (Å²) in [6.07, 6.45) is 4.77. The minimum atomic E-state index is -0.343. The van der Waals surface area contributed by atoms with E-state index in [1.165, 1.54) is 32.2 Å². The minimum absolute atomic E-state index is 0.0433. The number of ether oxygens (including phenoxy) is 2. The van der Waals surface area contributed by atoms with Crippen LogP contribution < -0.4 is 14.9 Å². The van der Waals surface area contributed by atoms with E-state index in [2.05, 4.69) is 25.7 Å². The average Bonchev–Trinajstić information content (AvgIpc) is 3.33. The van der Waals surface area contributed by atoms with Crippen molar-refractivity contribution in [1.29, 1.82) is 0 Å². The van der Waals surface area contributed by atoms with Crippen LogP contribution in [0.2, 0.25) is 5.02 Å². The topological polar surface area (TPSA) is 124 Å². The highest BCUT2D eigenvalue weighted by molar-refractivity contribution is 7.99. The van der Waals surface area contributed by atoms with Gasteiger partial charge < -0.3 is 14.6 Å². The second-order valence-electron chi connectivity index (χ2n) is 7.21. The third kappa shape index (κ3) is 5.75. The molecule has 0 atom stereocenters. The van der Waals surface area contributed by atoms with Crippen LogP contribution in [0, 0.1) is 0 Å². The molecule has 2 N–H and O–H groups in total. The number of benzene rings is 2. The Hall–Kier alpha value is -4.09. The van der Waals surface area contributed by atoms with Crippen LogP contribution >= 0.6 is 23.4 Å². The first-order chi connectivity index (χ1) is 17.5. The van der Waals surface area contributed by atoms with Gasteiger partial charge in [0.1, 0.15) is 0 Å². The minimum Gasteiger partial charge on any atom is -0.502 e. The lowest BCUT2D eigenvalue weighted by molar-refractivity contribution is -0.118. The van der Waals surface area contributed by atoms with Crippen LogP contribution in [0.4, 0.5) is 0 Å². The fraction of sp³-hybridized carbons (Fsp3) is 0.125. The lowest BCUT2D eigenvalue weighted by Gasteiger charge is -2.10. The molecule has 4 rings (SSSR count). The molecule has 36 heavy (non-hydrogen) atoms. The molecule has 0 aliphatic heterocycles. The van der Waals surface area contributed by atoms with E-state index in [0.29, 0.717) is 21.6 Å². The number of pyridine rings is 1. The number of aromatic hydroxyl groups is 1. The van der Waals surface area contributed by atoms with E-state index in [1.54, 1.807) is 36.7 Å². The first-order valence-corrected chi connectivity index (χ1v) is 11.9. The number of carbonyl (C=O) groups excluding carboxylic acids is 1. The maximum absolute atomic E-state index is 12.5. The monoisotopic (exact) mass is 524 g/mol. The van der Waals surface area contributed by atoms with E-state index in [0.717, 1.165) is 11.3 Å². The molecule has 184 valence electrons. The van der Waals surface area contributed by atoms with E-state index in [4.69, 9.17) is 21.1 Å². The normalized spacial score (nSPS) is 11.0. The molecule has 0 saturated heterocycles. The molecule has 0 radical (unpaired) electrons.